The molecule has 92 valence electrons. The highest BCUT2D eigenvalue weighted by atomic mass is 19.3. The smallest absolute Gasteiger partial charge is 0.253 e. The fourth-order valence-electron chi connectivity index (χ4n) is 2.67. The van der Waals surface area contributed by atoms with Crippen LogP contribution in [0.3, 0.4) is 0 Å². The lowest BCUT2D eigenvalue weighted by molar-refractivity contribution is -0.128. The SMILES string of the molecule is CC12CC(F)(F)C[C@@H]1OC(c1ccccc1)O2. The molecule has 0 bridgehead atoms. The van der Waals surface area contributed by atoms with Crippen LogP contribution >= 0.6 is 0 Å². The molecule has 1 aromatic rings. The number of hydrogen-bond donors (Lipinski definition) is 0. The van der Waals surface area contributed by atoms with E-state index >= 15 is 0 Å². The Labute approximate surface area is 98.5 Å². The summed E-state index contributed by atoms with van der Waals surface area (Å²) in [7, 11) is 0. The van der Waals surface area contributed by atoms with Crippen molar-refractivity contribution in [3.63, 3.8) is 0 Å². The van der Waals surface area contributed by atoms with Gasteiger partial charge in [-0.2, -0.15) is 0 Å². The van der Waals surface area contributed by atoms with Crippen molar-refractivity contribution < 1.29 is 18.3 Å². The summed E-state index contributed by atoms with van der Waals surface area (Å²) in [5, 5.41) is 0. The highest BCUT2D eigenvalue weighted by Gasteiger charge is 2.60. The van der Waals surface area contributed by atoms with Crippen molar-refractivity contribution in [1.82, 2.24) is 0 Å². The maximum Gasteiger partial charge on any atom is 0.253 e. The van der Waals surface area contributed by atoms with Gasteiger partial charge in [0.25, 0.3) is 5.92 Å². The molecule has 0 N–H and O–H groups in total. The van der Waals surface area contributed by atoms with Crippen molar-refractivity contribution in [3.8, 4) is 0 Å². The lowest BCUT2D eigenvalue weighted by Crippen LogP contribution is -2.30. The number of rotatable bonds is 1. The minimum Gasteiger partial charge on any atom is -0.342 e. The second kappa shape index (κ2) is 3.50. The Bertz CT molecular complexity index is 421. The van der Waals surface area contributed by atoms with E-state index in [1.807, 2.05) is 30.3 Å². The molecule has 2 fully saturated rings. The molecule has 2 unspecified atom stereocenters. The molecule has 1 aliphatic heterocycles. The second-order valence-electron chi connectivity index (χ2n) is 5.03. The van der Waals surface area contributed by atoms with Gasteiger partial charge in [0, 0.05) is 18.4 Å². The van der Waals surface area contributed by atoms with E-state index in [2.05, 4.69) is 0 Å². The number of hydrogen-bond acceptors (Lipinski definition) is 2. The van der Waals surface area contributed by atoms with Crippen LogP contribution in [0.2, 0.25) is 0 Å². The molecule has 0 aromatic heterocycles. The third kappa shape index (κ3) is 1.85. The third-order valence-electron chi connectivity index (χ3n) is 3.51. The van der Waals surface area contributed by atoms with E-state index in [0.29, 0.717) is 0 Å². The van der Waals surface area contributed by atoms with Gasteiger partial charge in [0.05, 0.1) is 6.10 Å². The standard InChI is InChI=1S/C13H14F2O2/c1-12-8-13(14,15)7-10(12)16-11(17-12)9-5-3-2-4-6-9/h2-6,10-11H,7-8H2,1H3/t10-,11?,12?/m0/s1. The molecule has 2 aliphatic rings. The quantitative estimate of drug-likeness (QED) is 0.750. The molecule has 2 nitrogen and oxygen atoms in total. The van der Waals surface area contributed by atoms with Crippen molar-refractivity contribution in [2.45, 2.75) is 43.7 Å². The van der Waals surface area contributed by atoms with Gasteiger partial charge in [0.1, 0.15) is 5.60 Å². The van der Waals surface area contributed by atoms with E-state index in [-0.39, 0.29) is 12.8 Å². The average molecular weight is 240 g/mol. The molecule has 3 rings (SSSR count). The lowest BCUT2D eigenvalue weighted by Gasteiger charge is -2.21. The molecule has 1 aromatic carbocycles. The van der Waals surface area contributed by atoms with Gasteiger partial charge >= 0.3 is 0 Å². The van der Waals surface area contributed by atoms with Crippen molar-refractivity contribution in [3.05, 3.63) is 35.9 Å². The van der Waals surface area contributed by atoms with Crippen LogP contribution in [0.5, 0.6) is 0 Å². The minimum atomic E-state index is -2.67. The molecule has 0 amide bonds. The number of ether oxygens (including phenoxy) is 2. The highest BCUT2D eigenvalue weighted by molar-refractivity contribution is 5.18. The summed E-state index contributed by atoms with van der Waals surface area (Å²) < 4.78 is 37.9. The Balaban J connectivity index is 1.81. The molecular formula is C13H14F2O2. The first kappa shape index (κ1) is 11.1. The summed E-state index contributed by atoms with van der Waals surface area (Å²) in [6.45, 7) is 1.71. The van der Waals surface area contributed by atoms with Crippen LogP contribution in [-0.2, 0) is 9.47 Å². The first-order valence-corrected chi connectivity index (χ1v) is 5.75. The summed E-state index contributed by atoms with van der Waals surface area (Å²) in [6.07, 6.45) is -1.52. The number of alkyl halides is 2. The highest BCUT2D eigenvalue weighted by Crippen LogP contribution is 2.52. The van der Waals surface area contributed by atoms with Crippen LogP contribution in [0.15, 0.2) is 30.3 Å². The molecular weight excluding hydrogens is 226 g/mol. The van der Waals surface area contributed by atoms with Gasteiger partial charge in [-0.15, -0.1) is 0 Å². The van der Waals surface area contributed by atoms with Crippen LogP contribution in [0.1, 0.15) is 31.6 Å². The zero-order valence-corrected chi connectivity index (χ0v) is 9.53. The Kier molecular flexibility index (Phi) is 2.28. The van der Waals surface area contributed by atoms with Crippen molar-refractivity contribution in [2.75, 3.05) is 0 Å². The van der Waals surface area contributed by atoms with E-state index in [9.17, 15) is 8.78 Å². The summed E-state index contributed by atoms with van der Waals surface area (Å²) in [5.41, 5.74) is 0.0238. The summed E-state index contributed by atoms with van der Waals surface area (Å²) >= 11 is 0. The van der Waals surface area contributed by atoms with Crippen LogP contribution in [0.4, 0.5) is 8.78 Å². The Morgan fingerprint density at radius 2 is 1.94 bits per heavy atom. The second-order valence-corrected chi connectivity index (χ2v) is 5.03. The predicted molar refractivity (Wildman–Crippen MR) is 57.7 cm³/mol. The van der Waals surface area contributed by atoms with Crippen LogP contribution < -0.4 is 0 Å². The molecule has 1 saturated carbocycles. The maximum absolute atomic E-state index is 13.3. The van der Waals surface area contributed by atoms with Crippen molar-refractivity contribution >= 4 is 0 Å². The first-order chi connectivity index (χ1) is 7.99. The number of benzene rings is 1. The van der Waals surface area contributed by atoms with Crippen LogP contribution in [0, 0.1) is 0 Å². The van der Waals surface area contributed by atoms with Crippen LogP contribution in [-0.4, -0.2) is 17.6 Å². The summed E-state index contributed by atoms with van der Waals surface area (Å²) in [5.74, 6) is -2.67. The fourth-order valence-corrected chi connectivity index (χ4v) is 2.67. The van der Waals surface area contributed by atoms with Gasteiger partial charge in [-0.25, -0.2) is 8.78 Å². The Hall–Kier alpha value is -1.00. The van der Waals surface area contributed by atoms with Gasteiger partial charge in [-0.3, -0.25) is 0 Å². The Morgan fingerprint density at radius 3 is 2.59 bits per heavy atom. The van der Waals surface area contributed by atoms with Gasteiger partial charge in [0.15, 0.2) is 6.29 Å². The van der Waals surface area contributed by atoms with E-state index in [1.165, 1.54) is 0 Å². The van der Waals surface area contributed by atoms with E-state index in [0.717, 1.165) is 5.56 Å². The molecule has 3 atom stereocenters. The Morgan fingerprint density at radius 1 is 1.24 bits per heavy atom. The van der Waals surface area contributed by atoms with Gasteiger partial charge < -0.3 is 9.47 Å². The molecule has 1 saturated heterocycles. The third-order valence-corrected chi connectivity index (χ3v) is 3.51. The fraction of sp³-hybridized carbons (Fsp3) is 0.538. The van der Waals surface area contributed by atoms with Gasteiger partial charge in [-0.05, 0) is 6.92 Å². The largest absolute Gasteiger partial charge is 0.342 e. The maximum atomic E-state index is 13.3. The first-order valence-electron chi connectivity index (χ1n) is 5.75. The monoisotopic (exact) mass is 240 g/mol. The molecule has 0 spiro atoms. The molecule has 17 heavy (non-hydrogen) atoms. The molecule has 1 heterocycles. The molecule has 4 heteroatoms. The van der Waals surface area contributed by atoms with Gasteiger partial charge in [0.2, 0.25) is 0 Å². The van der Waals surface area contributed by atoms with Crippen LogP contribution in [0.25, 0.3) is 0 Å². The summed E-state index contributed by atoms with van der Waals surface area (Å²) in [4.78, 5) is 0. The van der Waals surface area contributed by atoms with E-state index in [4.69, 9.17) is 9.47 Å². The molecule has 1 aliphatic carbocycles. The van der Waals surface area contributed by atoms with E-state index in [1.54, 1.807) is 6.92 Å². The number of halogens is 2. The number of fused-ring (bicyclic) bond motifs is 1. The van der Waals surface area contributed by atoms with Gasteiger partial charge in [-0.1, -0.05) is 30.3 Å². The zero-order chi connectivity index (χ0) is 12.1. The summed E-state index contributed by atoms with van der Waals surface area (Å²) in [6, 6.07) is 9.43. The van der Waals surface area contributed by atoms with Crippen molar-refractivity contribution in [2.24, 2.45) is 0 Å². The topological polar surface area (TPSA) is 18.5 Å². The minimum absolute atomic E-state index is 0.243. The van der Waals surface area contributed by atoms with Crippen molar-refractivity contribution in [1.29, 1.82) is 0 Å². The normalized spacial score (nSPS) is 39.2. The van der Waals surface area contributed by atoms with E-state index < -0.39 is 23.9 Å². The lowest BCUT2D eigenvalue weighted by atomic mass is 10.0. The zero-order valence-electron chi connectivity index (χ0n) is 9.53. The predicted octanol–water partition coefficient (Wildman–Crippen LogP) is 3.29. The molecule has 0 radical (unpaired) electrons. The average Bonchev–Trinajstić information content (AvgIpc) is 2.66.